The van der Waals surface area contributed by atoms with Gasteiger partial charge in [0.1, 0.15) is 0 Å². The molecule has 10 heavy (non-hydrogen) atoms. The Hall–Kier alpha value is 0.700. The van der Waals surface area contributed by atoms with Crippen LogP contribution in [0.5, 0.6) is 0 Å². The molecule has 0 nitrogen and oxygen atoms in total. The van der Waals surface area contributed by atoms with E-state index in [1.165, 1.54) is 6.42 Å². The van der Waals surface area contributed by atoms with Gasteiger partial charge >= 0.3 is 0 Å². The molecule has 0 N–H and O–H groups in total. The molecule has 0 spiro atoms. The lowest BCUT2D eigenvalue weighted by atomic mass is 10.3. The maximum absolute atomic E-state index is 2.34. The summed E-state index contributed by atoms with van der Waals surface area (Å²) in [6, 6.07) is 0. The van der Waals surface area contributed by atoms with Crippen molar-refractivity contribution in [2.24, 2.45) is 0 Å². The topological polar surface area (TPSA) is 0 Å². The maximum atomic E-state index is 2.34. The van der Waals surface area contributed by atoms with Gasteiger partial charge in [-0.15, -0.1) is 23.5 Å². The second kappa shape index (κ2) is 2.98. The minimum Gasteiger partial charge on any atom is -0.142 e. The molecule has 2 unspecified atom stereocenters. The molecule has 1 fully saturated rings. The summed E-state index contributed by atoms with van der Waals surface area (Å²) in [5, 5.41) is 1.71. The molecule has 0 aromatic rings. The van der Waals surface area contributed by atoms with Gasteiger partial charge in [0, 0.05) is 10.5 Å². The predicted octanol–water partition coefficient (Wildman–Crippen LogP) is 3.37. The Morgan fingerprint density at radius 1 is 1.10 bits per heavy atom. The molecule has 0 amide bonds. The molecule has 1 rings (SSSR count). The lowest BCUT2D eigenvalue weighted by Crippen LogP contribution is -2.25. The first kappa shape index (κ1) is 8.79. The number of rotatable bonds is 0. The van der Waals surface area contributed by atoms with Gasteiger partial charge in [0.05, 0.1) is 4.08 Å². The number of hydrogen-bond acceptors (Lipinski definition) is 2. The maximum Gasteiger partial charge on any atom is 0.0560 e. The Balaban J connectivity index is 2.51. The Labute approximate surface area is 72.5 Å². The molecule has 0 bridgehead atoms. The van der Waals surface area contributed by atoms with Gasteiger partial charge in [-0.25, -0.2) is 0 Å². The number of hydrogen-bond donors (Lipinski definition) is 0. The van der Waals surface area contributed by atoms with Crippen molar-refractivity contribution in [3.8, 4) is 0 Å². The third kappa shape index (κ3) is 2.39. The van der Waals surface area contributed by atoms with Crippen LogP contribution < -0.4 is 0 Å². The van der Waals surface area contributed by atoms with Crippen LogP contribution in [0.15, 0.2) is 0 Å². The normalized spacial score (nSPS) is 39.6. The molecule has 1 heterocycles. The van der Waals surface area contributed by atoms with Crippen molar-refractivity contribution >= 4 is 23.5 Å². The average Bonchev–Trinajstić information content (AvgIpc) is 1.54. The fraction of sp³-hybridized carbons (Fsp3) is 1.00. The van der Waals surface area contributed by atoms with Crippen molar-refractivity contribution in [3.63, 3.8) is 0 Å². The van der Waals surface area contributed by atoms with Crippen LogP contribution in [0.1, 0.15) is 34.1 Å². The monoisotopic (exact) mass is 176 g/mol. The molecular weight excluding hydrogens is 160 g/mol. The quantitative estimate of drug-likeness (QED) is 0.555. The van der Waals surface area contributed by atoms with Gasteiger partial charge in [-0.1, -0.05) is 13.8 Å². The van der Waals surface area contributed by atoms with Crippen LogP contribution in [0.4, 0.5) is 0 Å². The number of thioether (sulfide) groups is 2. The fourth-order valence-electron chi connectivity index (χ4n) is 1.56. The van der Waals surface area contributed by atoms with Crippen LogP contribution in [0.2, 0.25) is 0 Å². The van der Waals surface area contributed by atoms with E-state index in [0.29, 0.717) is 4.08 Å². The lowest BCUT2D eigenvalue weighted by Gasteiger charge is -2.36. The van der Waals surface area contributed by atoms with E-state index in [2.05, 4.69) is 51.2 Å². The summed E-state index contributed by atoms with van der Waals surface area (Å²) in [4.78, 5) is 0. The zero-order valence-electron chi connectivity index (χ0n) is 7.18. The first-order valence-corrected chi connectivity index (χ1v) is 5.61. The van der Waals surface area contributed by atoms with Gasteiger partial charge in [0.25, 0.3) is 0 Å². The molecule has 1 aliphatic rings. The smallest absolute Gasteiger partial charge is 0.0560 e. The summed E-state index contributed by atoms with van der Waals surface area (Å²) in [5.41, 5.74) is 0. The van der Waals surface area contributed by atoms with Crippen molar-refractivity contribution in [1.82, 2.24) is 0 Å². The van der Waals surface area contributed by atoms with Crippen molar-refractivity contribution in [2.75, 3.05) is 0 Å². The molecule has 0 aromatic heterocycles. The Kier molecular flexibility index (Phi) is 2.62. The van der Waals surface area contributed by atoms with Crippen LogP contribution in [0.3, 0.4) is 0 Å². The van der Waals surface area contributed by atoms with Crippen molar-refractivity contribution < 1.29 is 0 Å². The first-order chi connectivity index (χ1) is 4.49. The molecule has 0 saturated carbocycles. The summed E-state index contributed by atoms with van der Waals surface area (Å²) >= 11 is 4.22. The average molecular weight is 176 g/mol. The van der Waals surface area contributed by atoms with Gasteiger partial charge in [0.2, 0.25) is 0 Å². The minimum absolute atomic E-state index is 0.455. The molecule has 60 valence electrons. The van der Waals surface area contributed by atoms with E-state index in [1.807, 2.05) is 0 Å². The first-order valence-electron chi connectivity index (χ1n) is 3.85. The minimum atomic E-state index is 0.455. The summed E-state index contributed by atoms with van der Waals surface area (Å²) in [7, 11) is 0. The van der Waals surface area contributed by atoms with Gasteiger partial charge < -0.3 is 0 Å². The van der Waals surface area contributed by atoms with Crippen LogP contribution in [-0.2, 0) is 0 Å². The molecular formula is C8H16S2. The van der Waals surface area contributed by atoms with Gasteiger partial charge in [0.15, 0.2) is 0 Å². The Morgan fingerprint density at radius 2 is 1.50 bits per heavy atom. The zero-order valence-corrected chi connectivity index (χ0v) is 8.81. The van der Waals surface area contributed by atoms with Crippen LogP contribution in [0.25, 0.3) is 0 Å². The van der Waals surface area contributed by atoms with E-state index < -0.39 is 0 Å². The highest BCUT2D eigenvalue weighted by molar-refractivity contribution is 8.19. The molecule has 1 saturated heterocycles. The molecule has 0 aliphatic carbocycles. The summed E-state index contributed by atoms with van der Waals surface area (Å²) < 4.78 is 0.455. The standard InChI is InChI=1S/C8H16S2/c1-6-5-7(2)10-8(3,4)9-6/h6-7H,5H2,1-4H3. The van der Waals surface area contributed by atoms with E-state index in [1.54, 1.807) is 0 Å². The molecule has 0 aromatic carbocycles. The third-order valence-electron chi connectivity index (χ3n) is 1.63. The highest BCUT2D eigenvalue weighted by Gasteiger charge is 2.30. The van der Waals surface area contributed by atoms with Crippen LogP contribution in [0, 0.1) is 0 Å². The molecule has 0 radical (unpaired) electrons. The summed E-state index contributed by atoms with van der Waals surface area (Å²) in [6.07, 6.45) is 1.37. The van der Waals surface area contributed by atoms with E-state index in [9.17, 15) is 0 Å². The second-order valence-electron chi connectivity index (χ2n) is 3.49. The van der Waals surface area contributed by atoms with Crippen LogP contribution >= 0.6 is 23.5 Å². The van der Waals surface area contributed by atoms with E-state index in [0.717, 1.165) is 10.5 Å². The zero-order chi connectivity index (χ0) is 7.78. The summed E-state index contributed by atoms with van der Waals surface area (Å²) in [6.45, 7) is 9.33. The van der Waals surface area contributed by atoms with E-state index in [-0.39, 0.29) is 0 Å². The molecule has 2 heteroatoms. The van der Waals surface area contributed by atoms with Crippen LogP contribution in [-0.4, -0.2) is 14.6 Å². The fourth-order valence-corrected chi connectivity index (χ4v) is 5.60. The highest BCUT2D eigenvalue weighted by Crippen LogP contribution is 2.48. The Bertz CT molecular complexity index is 108. The summed E-state index contributed by atoms with van der Waals surface area (Å²) in [5.74, 6) is 0. The molecule has 1 aliphatic heterocycles. The van der Waals surface area contributed by atoms with Crippen molar-refractivity contribution in [2.45, 2.75) is 48.7 Å². The van der Waals surface area contributed by atoms with E-state index >= 15 is 0 Å². The van der Waals surface area contributed by atoms with Crippen molar-refractivity contribution in [1.29, 1.82) is 0 Å². The van der Waals surface area contributed by atoms with Gasteiger partial charge in [-0.3, -0.25) is 0 Å². The molecule has 2 atom stereocenters. The SMILES string of the molecule is CC1CC(C)SC(C)(C)S1. The largest absolute Gasteiger partial charge is 0.142 e. The highest BCUT2D eigenvalue weighted by atomic mass is 32.2. The second-order valence-corrected chi connectivity index (χ2v) is 7.87. The third-order valence-corrected chi connectivity index (χ3v) is 4.54. The lowest BCUT2D eigenvalue weighted by molar-refractivity contribution is 0.771. The van der Waals surface area contributed by atoms with Gasteiger partial charge in [-0.05, 0) is 20.3 Å². The Morgan fingerprint density at radius 3 is 1.80 bits per heavy atom. The van der Waals surface area contributed by atoms with Crippen molar-refractivity contribution in [3.05, 3.63) is 0 Å². The van der Waals surface area contributed by atoms with E-state index in [4.69, 9.17) is 0 Å². The predicted molar refractivity (Wildman–Crippen MR) is 52.8 cm³/mol. The van der Waals surface area contributed by atoms with Gasteiger partial charge in [-0.2, -0.15) is 0 Å².